The fraction of sp³-hybridized carbons (Fsp3) is 0. The monoisotopic (exact) mass is 225 g/mol. The average Bonchev–Trinajstić information content (AvgIpc) is 2.16. The van der Waals surface area contributed by atoms with Crippen molar-refractivity contribution in [3.8, 4) is 5.75 Å². The molecule has 5 heteroatoms. The van der Waals surface area contributed by atoms with E-state index in [0.29, 0.717) is 5.39 Å². The van der Waals surface area contributed by atoms with Crippen molar-refractivity contribution in [3.63, 3.8) is 0 Å². The van der Waals surface area contributed by atoms with Crippen LogP contribution in [0.3, 0.4) is 0 Å². The summed E-state index contributed by atoms with van der Waals surface area (Å²) in [4.78, 5) is 10.4. The molecule has 0 aliphatic carbocycles. The van der Waals surface area contributed by atoms with Gasteiger partial charge >= 0.3 is 7.91 Å². The van der Waals surface area contributed by atoms with E-state index in [1.807, 2.05) is 0 Å². The quantitative estimate of drug-likeness (QED) is 0.738. The fourth-order valence-electron chi connectivity index (χ4n) is 1.39. The lowest BCUT2D eigenvalue weighted by Crippen LogP contribution is -2.01. The van der Waals surface area contributed by atoms with Crippen LogP contribution in [0.15, 0.2) is 42.5 Å². The van der Waals surface area contributed by atoms with E-state index >= 15 is 0 Å². The van der Waals surface area contributed by atoms with Crippen molar-refractivity contribution in [1.29, 1.82) is 0 Å². The zero-order valence-corrected chi connectivity index (χ0v) is 8.49. The molecule has 0 heterocycles. The van der Waals surface area contributed by atoms with Crippen LogP contribution >= 0.6 is 7.91 Å². The Morgan fingerprint density at radius 1 is 1.13 bits per heavy atom. The minimum atomic E-state index is -5.24. The van der Waals surface area contributed by atoms with Crippen LogP contribution in [-0.2, 0) is 4.57 Å². The summed E-state index contributed by atoms with van der Waals surface area (Å²) >= 11 is 0. The first-order valence-electron chi connectivity index (χ1n) is 4.24. The molecule has 2 aromatic rings. The molecular formula is C10H7FO3P-. The molecule has 0 bridgehead atoms. The normalized spacial score (nSPS) is 14.8. The van der Waals surface area contributed by atoms with Crippen molar-refractivity contribution in [2.24, 2.45) is 0 Å². The predicted octanol–water partition coefficient (Wildman–Crippen LogP) is 2.66. The third kappa shape index (κ3) is 2.35. The molecule has 0 spiro atoms. The van der Waals surface area contributed by atoms with E-state index in [4.69, 9.17) is 0 Å². The number of halogens is 1. The van der Waals surface area contributed by atoms with Gasteiger partial charge < -0.3 is 9.42 Å². The number of fused-ring (bicyclic) bond motifs is 1. The van der Waals surface area contributed by atoms with Crippen molar-refractivity contribution in [3.05, 3.63) is 42.5 Å². The molecule has 0 saturated heterocycles. The van der Waals surface area contributed by atoms with Gasteiger partial charge in [0.05, 0.1) is 0 Å². The van der Waals surface area contributed by atoms with Crippen LogP contribution in [0.4, 0.5) is 4.20 Å². The molecule has 1 atom stereocenters. The molecule has 0 aliphatic heterocycles. The van der Waals surface area contributed by atoms with Crippen LogP contribution in [0.1, 0.15) is 0 Å². The zero-order chi connectivity index (χ0) is 10.9. The standard InChI is InChI=1S/C10H8FO3P/c11-15(12,13)14-10-7-3-5-8-4-1-2-6-9(8)10/h1-7H,(H,12,13)/p-1. The summed E-state index contributed by atoms with van der Waals surface area (Å²) in [5.74, 6) is 0.00827. The largest absolute Gasteiger partial charge is 0.743 e. The minimum absolute atomic E-state index is 0.00827. The van der Waals surface area contributed by atoms with Crippen molar-refractivity contribution in [2.45, 2.75) is 0 Å². The first-order valence-corrected chi connectivity index (χ1v) is 5.68. The molecule has 15 heavy (non-hydrogen) atoms. The molecule has 78 valence electrons. The van der Waals surface area contributed by atoms with Crippen LogP contribution in [0.5, 0.6) is 5.75 Å². The van der Waals surface area contributed by atoms with Crippen LogP contribution in [0, 0.1) is 0 Å². The second-order valence-electron chi connectivity index (χ2n) is 3.00. The molecule has 1 unspecified atom stereocenters. The van der Waals surface area contributed by atoms with E-state index in [1.165, 1.54) is 6.07 Å². The van der Waals surface area contributed by atoms with E-state index in [1.54, 1.807) is 36.4 Å². The predicted molar refractivity (Wildman–Crippen MR) is 53.3 cm³/mol. The third-order valence-electron chi connectivity index (χ3n) is 1.96. The molecule has 0 fully saturated rings. The lowest BCUT2D eigenvalue weighted by atomic mass is 10.1. The minimum Gasteiger partial charge on any atom is -0.743 e. The highest BCUT2D eigenvalue weighted by Gasteiger charge is 2.09. The van der Waals surface area contributed by atoms with Gasteiger partial charge in [0.15, 0.2) is 0 Å². The molecular weight excluding hydrogens is 218 g/mol. The smallest absolute Gasteiger partial charge is 0.358 e. The van der Waals surface area contributed by atoms with Crippen molar-refractivity contribution in [1.82, 2.24) is 0 Å². The van der Waals surface area contributed by atoms with Gasteiger partial charge in [-0.3, -0.25) is 4.57 Å². The van der Waals surface area contributed by atoms with Gasteiger partial charge in [0, 0.05) is 5.39 Å². The fourth-order valence-corrected chi connectivity index (χ4v) is 1.79. The maximum Gasteiger partial charge on any atom is 0.358 e. The topological polar surface area (TPSA) is 49.4 Å². The Hall–Kier alpha value is -1.38. The third-order valence-corrected chi connectivity index (χ3v) is 2.37. The average molecular weight is 225 g/mol. The zero-order valence-electron chi connectivity index (χ0n) is 7.59. The Balaban J connectivity index is 2.56. The highest BCUT2D eigenvalue weighted by molar-refractivity contribution is 7.45. The highest BCUT2D eigenvalue weighted by atomic mass is 31.2. The molecule has 3 nitrogen and oxygen atoms in total. The first-order chi connectivity index (χ1) is 7.06. The van der Waals surface area contributed by atoms with E-state index in [9.17, 15) is 13.7 Å². The van der Waals surface area contributed by atoms with Crippen LogP contribution < -0.4 is 9.42 Å². The second-order valence-corrected chi connectivity index (χ2v) is 4.04. The molecule has 2 aromatic carbocycles. The highest BCUT2D eigenvalue weighted by Crippen LogP contribution is 2.41. The van der Waals surface area contributed by atoms with Crippen molar-refractivity contribution < 1.29 is 18.2 Å². The van der Waals surface area contributed by atoms with Gasteiger partial charge in [-0.05, 0) is 11.5 Å². The van der Waals surface area contributed by atoms with Gasteiger partial charge in [0.2, 0.25) is 0 Å². The maximum atomic E-state index is 12.4. The molecule has 0 N–H and O–H groups in total. The number of hydrogen-bond acceptors (Lipinski definition) is 3. The Kier molecular flexibility index (Phi) is 2.47. The van der Waals surface area contributed by atoms with Crippen LogP contribution in [-0.4, -0.2) is 0 Å². The Bertz CT molecular complexity index is 530. The summed E-state index contributed by atoms with van der Waals surface area (Å²) < 4.78 is 27.0. The van der Waals surface area contributed by atoms with Crippen LogP contribution in [0.25, 0.3) is 10.8 Å². The summed E-state index contributed by atoms with van der Waals surface area (Å²) in [6.45, 7) is 0. The van der Waals surface area contributed by atoms with Crippen LogP contribution in [0.2, 0.25) is 0 Å². The molecule has 0 saturated carbocycles. The molecule has 0 amide bonds. The Labute approximate surface area is 85.8 Å². The number of rotatable bonds is 2. The lowest BCUT2D eigenvalue weighted by Gasteiger charge is -2.15. The van der Waals surface area contributed by atoms with E-state index in [2.05, 4.69) is 4.52 Å². The van der Waals surface area contributed by atoms with Gasteiger partial charge in [-0.15, -0.1) is 0 Å². The van der Waals surface area contributed by atoms with Gasteiger partial charge in [-0.2, -0.15) is 4.20 Å². The van der Waals surface area contributed by atoms with Gasteiger partial charge in [-0.1, -0.05) is 36.4 Å². The van der Waals surface area contributed by atoms with Crippen molar-refractivity contribution >= 4 is 18.7 Å². The van der Waals surface area contributed by atoms with Crippen molar-refractivity contribution in [2.75, 3.05) is 0 Å². The van der Waals surface area contributed by atoms with E-state index in [-0.39, 0.29) is 5.75 Å². The number of benzene rings is 2. The van der Waals surface area contributed by atoms with Gasteiger partial charge in [0.1, 0.15) is 5.75 Å². The van der Waals surface area contributed by atoms with Gasteiger partial charge in [-0.25, -0.2) is 0 Å². The molecule has 0 aliphatic rings. The van der Waals surface area contributed by atoms with E-state index in [0.717, 1.165) is 5.39 Å². The summed E-state index contributed by atoms with van der Waals surface area (Å²) in [7, 11) is -5.24. The Morgan fingerprint density at radius 2 is 1.80 bits per heavy atom. The van der Waals surface area contributed by atoms with E-state index < -0.39 is 7.91 Å². The lowest BCUT2D eigenvalue weighted by molar-refractivity contribution is -0.203. The summed E-state index contributed by atoms with van der Waals surface area (Å²) in [5.41, 5.74) is 0. The maximum absolute atomic E-state index is 12.4. The summed E-state index contributed by atoms with van der Waals surface area (Å²) in [6.07, 6.45) is 0. The molecule has 0 radical (unpaired) electrons. The SMILES string of the molecule is O=P([O-])(F)Oc1cccc2ccccc12. The summed E-state index contributed by atoms with van der Waals surface area (Å²) in [6, 6.07) is 11.8. The molecule has 0 aromatic heterocycles. The molecule has 2 rings (SSSR count). The first kappa shape index (κ1) is 10.1. The summed E-state index contributed by atoms with van der Waals surface area (Å²) in [5, 5.41) is 1.36. The van der Waals surface area contributed by atoms with Gasteiger partial charge in [0.25, 0.3) is 0 Å². The Morgan fingerprint density at radius 3 is 2.53 bits per heavy atom. The second kappa shape index (κ2) is 3.65. The number of hydrogen-bond donors (Lipinski definition) is 0.